The Hall–Kier alpha value is -3.79. The number of hydrogen-bond donors (Lipinski definition) is 1. The van der Waals surface area contributed by atoms with Gasteiger partial charge in [0.2, 0.25) is 5.78 Å². The molecule has 0 bridgehead atoms. The number of fused-ring (bicyclic) bond motifs is 3. The van der Waals surface area contributed by atoms with Crippen molar-refractivity contribution in [1.29, 1.82) is 0 Å². The SMILES string of the molecule is Cn1c(=O)[nH]c(=O)c2c1n1c(-c3ccc(F)cc3)nnc1n2Cc1c(F)cccc1Cl. The molecular formula is C20H13ClF2N6O2. The topological polar surface area (TPSA) is 90.0 Å². The number of halogens is 3. The molecule has 0 saturated carbocycles. The molecule has 31 heavy (non-hydrogen) atoms. The number of aromatic nitrogens is 6. The number of rotatable bonds is 3. The molecule has 0 atom stereocenters. The van der Waals surface area contributed by atoms with E-state index in [9.17, 15) is 18.4 Å². The van der Waals surface area contributed by atoms with E-state index in [1.54, 1.807) is 0 Å². The first kappa shape index (κ1) is 19.2. The first-order valence-corrected chi connectivity index (χ1v) is 9.50. The number of imidazole rings is 1. The summed E-state index contributed by atoms with van der Waals surface area (Å²) >= 11 is 6.19. The molecule has 5 rings (SSSR count). The van der Waals surface area contributed by atoms with Crippen molar-refractivity contribution in [1.82, 2.24) is 28.7 Å². The summed E-state index contributed by atoms with van der Waals surface area (Å²) in [5.41, 5.74) is -0.330. The van der Waals surface area contributed by atoms with Gasteiger partial charge in [-0.25, -0.2) is 18.0 Å². The van der Waals surface area contributed by atoms with Crippen molar-refractivity contribution in [3.05, 3.63) is 85.5 Å². The molecule has 0 aliphatic rings. The van der Waals surface area contributed by atoms with E-state index in [-0.39, 0.29) is 34.1 Å². The first-order chi connectivity index (χ1) is 14.9. The van der Waals surface area contributed by atoms with E-state index in [2.05, 4.69) is 15.2 Å². The van der Waals surface area contributed by atoms with E-state index in [0.717, 1.165) is 0 Å². The van der Waals surface area contributed by atoms with Gasteiger partial charge in [0.15, 0.2) is 17.0 Å². The number of benzene rings is 2. The summed E-state index contributed by atoms with van der Waals surface area (Å²) in [6, 6.07) is 9.82. The Labute approximate surface area is 177 Å². The summed E-state index contributed by atoms with van der Waals surface area (Å²) in [6.07, 6.45) is 0. The van der Waals surface area contributed by atoms with Crippen LogP contribution in [0, 0.1) is 11.6 Å². The van der Waals surface area contributed by atoms with Gasteiger partial charge in [0, 0.05) is 23.2 Å². The quantitative estimate of drug-likeness (QED) is 0.465. The van der Waals surface area contributed by atoms with Gasteiger partial charge in [-0.15, -0.1) is 10.2 Å². The first-order valence-electron chi connectivity index (χ1n) is 9.12. The minimum absolute atomic E-state index is 0.0923. The molecular weight excluding hydrogens is 430 g/mol. The largest absolute Gasteiger partial charge is 0.329 e. The Bertz CT molecular complexity index is 1580. The van der Waals surface area contributed by atoms with Crippen molar-refractivity contribution >= 4 is 28.5 Å². The van der Waals surface area contributed by atoms with Crippen LogP contribution in [0.2, 0.25) is 5.02 Å². The molecule has 0 fully saturated rings. The Morgan fingerprint density at radius 2 is 1.81 bits per heavy atom. The van der Waals surface area contributed by atoms with Gasteiger partial charge in [-0.2, -0.15) is 0 Å². The number of hydrogen-bond acceptors (Lipinski definition) is 4. The minimum atomic E-state index is -0.666. The highest BCUT2D eigenvalue weighted by molar-refractivity contribution is 6.31. The van der Waals surface area contributed by atoms with E-state index in [4.69, 9.17) is 11.6 Å². The monoisotopic (exact) mass is 442 g/mol. The van der Waals surface area contributed by atoms with Crippen LogP contribution in [0.3, 0.4) is 0 Å². The van der Waals surface area contributed by atoms with Crippen LogP contribution in [-0.2, 0) is 13.6 Å². The molecule has 0 unspecified atom stereocenters. The van der Waals surface area contributed by atoms with Crippen LogP contribution < -0.4 is 11.2 Å². The van der Waals surface area contributed by atoms with Crippen LogP contribution in [0.25, 0.3) is 28.3 Å². The highest BCUT2D eigenvalue weighted by atomic mass is 35.5. The molecule has 0 saturated heterocycles. The van der Waals surface area contributed by atoms with Gasteiger partial charge in [0.05, 0.1) is 6.54 Å². The maximum Gasteiger partial charge on any atom is 0.329 e. The van der Waals surface area contributed by atoms with Crippen molar-refractivity contribution in [3.8, 4) is 11.4 Å². The van der Waals surface area contributed by atoms with Crippen molar-refractivity contribution in [3.63, 3.8) is 0 Å². The lowest BCUT2D eigenvalue weighted by Crippen LogP contribution is -2.29. The molecule has 0 radical (unpaired) electrons. The second-order valence-electron chi connectivity index (χ2n) is 6.94. The lowest BCUT2D eigenvalue weighted by atomic mass is 10.2. The van der Waals surface area contributed by atoms with Crippen molar-refractivity contribution in [2.45, 2.75) is 6.54 Å². The van der Waals surface area contributed by atoms with Gasteiger partial charge in [-0.05, 0) is 36.4 Å². The fraction of sp³-hybridized carbons (Fsp3) is 0.100. The van der Waals surface area contributed by atoms with Crippen LogP contribution in [-0.4, -0.2) is 28.7 Å². The van der Waals surface area contributed by atoms with Gasteiger partial charge < -0.3 is 0 Å². The molecule has 0 amide bonds. The third-order valence-electron chi connectivity index (χ3n) is 5.12. The molecule has 0 aliphatic heterocycles. The van der Waals surface area contributed by atoms with Crippen molar-refractivity contribution in [2.75, 3.05) is 0 Å². The third kappa shape index (κ3) is 2.87. The summed E-state index contributed by atoms with van der Waals surface area (Å²) < 4.78 is 32.1. The van der Waals surface area contributed by atoms with E-state index in [1.807, 2.05) is 0 Å². The molecule has 1 N–H and O–H groups in total. The summed E-state index contributed by atoms with van der Waals surface area (Å²) in [5.74, 6) is -0.490. The molecule has 3 aromatic heterocycles. The highest BCUT2D eigenvalue weighted by Crippen LogP contribution is 2.27. The Kier molecular flexibility index (Phi) is 4.26. The van der Waals surface area contributed by atoms with E-state index >= 15 is 0 Å². The average molecular weight is 443 g/mol. The second-order valence-corrected chi connectivity index (χ2v) is 7.35. The normalized spacial score (nSPS) is 11.6. The number of aryl methyl sites for hydroxylation is 1. The van der Waals surface area contributed by atoms with Gasteiger partial charge in [0.25, 0.3) is 5.56 Å². The van der Waals surface area contributed by atoms with Gasteiger partial charge in [0.1, 0.15) is 11.6 Å². The Balaban J connectivity index is 1.90. The fourth-order valence-electron chi connectivity index (χ4n) is 3.62. The van der Waals surface area contributed by atoms with Crippen LogP contribution in [0.5, 0.6) is 0 Å². The van der Waals surface area contributed by atoms with Gasteiger partial charge >= 0.3 is 5.69 Å². The summed E-state index contributed by atoms with van der Waals surface area (Å²) in [7, 11) is 1.48. The lowest BCUT2D eigenvalue weighted by Gasteiger charge is -2.08. The van der Waals surface area contributed by atoms with Crippen molar-refractivity contribution in [2.24, 2.45) is 7.05 Å². The maximum atomic E-state index is 14.5. The smallest absolute Gasteiger partial charge is 0.298 e. The molecule has 0 aliphatic carbocycles. The minimum Gasteiger partial charge on any atom is -0.298 e. The van der Waals surface area contributed by atoms with E-state index < -0.39 is 22.9 Å². The second kappa shape index (κ2) is 6.88. The maximum absolute atomic E-state index is 14.5. The number of H-pyrrole nitrogens is 1. The summed E-state index contributed by atoms with van der Waals surface area (Å²) in [6.45, 7) is -0.124. The molecule has 11 heteroatoms. The lowest BCUT2D eigenvalue weighted by molar-refractivity contribution is 0.603. The fourth-order valence-corrected chi connectivity index (χ4v) is 3.84. The van der Waals surface area contributed by atoms with Crippen LogP contribution in [0.4, 0.5) is 8.78 Å². The predicted octanol–water partition coefficient (Wildman–Crippen LogP) is 2.72. The Morgan fingerprint density at radius 3 is 2.52 bits per heavy atom. The average Bonchev–Trinajstić information content (AvgIpc) is 3.29. The number of nitrogens with zero attached hydrogens (tertiary/aromatic N) is 5. The summed E-state index contributed by atoms with van der Waals surface area (Å²) in [5, 5.41) is 8.52. The zero-order valence-electron chi connectivity index (χ0n) is 15.9. The number of nitrogens with one attached hydrogen (secondary N) is 1. The molecule has 8 nitrogen and oxygen atoms in total. The standard InChI is InChI=1S/C20H13ClF2N6O2/c1-27-18-15(17(30)24-20(27)31)28(9-12-13(21)3-2-4-14(12)23)19-26-25-16(29(18)19)10-5-7-11(22)8-6-10/h2-8H,9H2,1H3,(H,24,30,31). The molecule has 3 heterocycles. The van der Waals surface area contributed by atoms with Crippen LogP contribution in [0.1, 0.15) is 5.56 Å². The predicted molar refractivity (Wildman–Crippen MR) is 110 cm³/mol. The van der Waals surface area contributed by atoms with Gasteiger partial charge in [-0.1, -0.05) is 17.7 Å². The van der Waals surface area contributed by atoms with Crippen molar-refractivity contribution < 1.29 is 8.78 Å². The van der Waals surface area contributed by atoms with Crippen LogP contribution in [0.15, 0.2) is 52.1 Å². The summed E-state index contributed by atoms with van der Waals surface area (Å²) in [4.78, 5) is 27.3. The van der Waals surface area contributed by atoms with Gasteiger partial charge in [-0.3, -0.25) is 18.9 Å². The number of aromatic amines is 1. The van der Waals surface area contributed by atoms with E-state index in [0.29, 0.717) is 11.4 Å². The molecule has 5 aromatic rings. The zero-order valence-corrected chi connectivity index (χ0v) is 16.7. The highest BCUT2D eigenvalue weighted by Gasteiger charge is 2.24. The molecule has 156 valence electrons. The zero-order chi connectivity index (χ0) is 21.9. The third-order valence-corrected chi connectivity index (χ3v) is 5.47. The Morgan fingerprint density at radius 1 is 1.06 bits per heavy atom. The molecule has 0 spiro atoms. The molecule has 2 aromatic carbocycles. The van der Waals surface area contributed by atoms with E-state index in [1.165, 1.54) is 63.0 Å². The van der Waals surface area contributed by atoms with Crippen LogP contribution >= 0.6 is 11.6 Å².